The number of nitrogen functional groups attached to an aromatic ring is 1. The minimum absolute atomic E-state index is 0. The first-order valence-electron chi connectivity index (χ1n) is 4.90. The normalized spacial score (nSPS) is 10.4. The van der Waals surface area contributed by atoms with Crippen LogP contribution in [0.15, 0.2) is 41.0 Å². The number of fused-ring (bicyclic) bond motifs is 3. The quantitative estimate of drug-likeness (QED) is 0.314. The van der Waals surface area contributed by atoms with E-state index in [1.807, 2.05) is 18.2 Å². The molecule has 2 nitrogen and oxygen atoms in total. The van der Waals surface area contributed by atoms with E-state index in [0.717, 1.165) is 26.1 Å². The molecule has 0 saturated heterocycles. The van der Waals surface area contributed by atoms with Gasteiger partial charge < -0.3 is 10.7 Å². The van der Waals surface area contributed by atoms with Crippen molar-refractivity contribution in [1.82, 2.24) is 4.98 Å². The van der Waals surface area contributed by atoms with Crippen LogP contribution in [-0.2, 0) is 20.1 Å². The number of pyridine rings is 1. The number of nitrogens with two attached hydrogens (primary N) is 1. The molecule has 0 aliphatic heterocycles. The van der Waals surface area contributed by atoms with Crippen molar-refractivity contribution in [3.8, 4) is 0 Å². The van der Waals surface area contributed by atoms with E-state index < -0.39 is 0 Å². The van der Waals surface area contributed by atoms with Crippen LogP contribution in [0.25, 0.3) is 21.7 Å². The van der Waals surface area contributed by atoms with Crippen molar-refractivity contribution in [3.05, 3.63) is 47.1 Å². The van der Waals surface area contributed by atoms with Gasteiger partial charge in [-0.3, -0.25) is 0 Å². The average molecular weight is 464 g/mol. The van der Waals surface area contributed by atoms with Gasteiger partial charge in [-0.2, -0.15) is 0 Å². The Morgan fingerprint density at radius 1 is 1.24 bits per heavy atom. The van der Waals surface area contributed by atoms with Crippen molar-refractivity contribution in [2.45, 2.75) is 0 Å². The summed E-state index contributed by atoms with van der Waals surface area (Å²) in [6, 6.07) is 13.1. The fourth-order valence-corrected chi connectivity index (χ4v) is 2.44. The molecule has 0 spiro atoms. The van der Waals surface area contributed by atoms with Crippen LogP contribution in [0.4, 0.5) is 5.69 Å². The second-order valence-corrected chi connectivity index (χ2v) is 4.49. The van der Waals surface area contributed by atoms with Gasteiger partial charge in [-0.25, -0.2) is 0 Å². The number of hydrogen-bond acceptors (Lipinski definition) is 2. The Morgan fingerprint density at radius 2 is 2.06 bits per heavy atom. The van der Waals surface area contributed by atoms with E-state index in [4.69, 9.17) is 5.73 Å². The van der Waals surface area contributed by atoms with Gasteiger partial charge in [0.1, 0.15) is 0 Å². The van der Waals surface area contributed by atoms with Crippen LogP contribution in [-0.4, -0.2) is 4.98 Å². The SMILES string of the molecule is Nc1[c-]c2c(ccc3cccnc32)c(Br)c1.[Ir]. The average Bonchev–Trinajstić information content (AvgIpc) is 2.28. The summed E-state index contributed by atoms with van der Waals surface area (Å²) in [5.41, 5.74) is 7.36. The number of halogens is 1. The molecule has 0 aliphatic carbocycles. The molecule has 0 aliphatic rings. The number of rotatable bonds is 0. The molecule has 4 heteroatoms. The second kappa shape index (κ2) is 4.73. The Labute approximate surface area is 121 Å². The molecule has 87 valence electrons. The largest absolute Gasteiger partial charge is 0.414 e. The Balaban J connectivity index is 0.00000108. The molecular formula is C13H8BrIrN2-. The van der Waals surface area contributed by atoms with Crippen LogP contribution < -0.4 is 5.73 Å². The third-order valence-corrected chi connectivity index (χ3v) is 3.24. The molecular weight excluding hydrogens is 456 g/mol. The van der Waals surface area contributed by atoms with Crippen molar-refractivity contribution < 1.29 is 20.1 Å². The van der Waals surface area contributed by atoms with Gasteiger partial charge in [-0.05, 0) is 17.0 Å². The molecule has 3 aromatic rings. The summed E-state index contributed by atoms with van der Waals surface area (Å²) in [6.07, 6.45) is 1.78. The van der Waals surface area contributed by atoms with Crippen molar-refractivity contribution in [2.24, 2.45) is 0 Å². The fraction of sp³-hybridized carbons (Fsp3) is 0. The van der Waals surface area contributed by atoms with Crippen molar-refractivity contribution in [1.29, 1.82) is 0 Å². The Morgan fingerprint density at radius 3 is 2.88 bits per heavy atom. The van der Waals surface area contributed by atoms with Crippen LogP contribution in [0.1, 0.15) is 0 Å². The van der Waals surface area contributed by atoms with Gasteiger partial charge in [-0.1, -0.05) is 49.7 Å². The van der Waals surface area contributed by atoms with Crippen LogP contribution in [0.3, 0.4) is 0 Å². The third kappa shape index (κ3) is 2.08. The first-order chi connectivity index (χ1) is 7.75. The molecule has 0 amide bonds. The zero-order chi connectivity index (χ0) is 11.1. The Kier molecular flexibility index (Phi) is 3.48. The number of anilines is 1. The van der Waals surface area contributed by atoms with E-state index in [1.54, 1.807) is 6.20 Å². The predicted octanol–water partition coefficient (Wildman–Crippen LogP) is 3.53. The molecule has 2 aromatic carbocycles. The Bertz CT molecular complexity index is 697. The summed E-state index contributed by atoms with van der Waals surface area (Å²) in [7, 11) is 0. The van der Waals surface area contributed by atoms with E-state index >= 15 is 0 Å². The van der Waals surface area contributed by atoms with E-state index in [-0.39, 0.29) is 20.1 Å². The first-order valence-corrected chi connectivity index (χ1v) is 5.70. The van der Waals surface area contributed by atoms with Gasteiger partial charge in [0.25, 0.3) is 0 Å². The van der Waals surface area contributed by atoms with E-state index in [1.165, 1.54) is 0 Å². The molecule has 1 heterocycles. The molecule has 3 rings (SSSR count). The molecule has 1 aromatic heterocycles. The summed E-state index contributed by atoms with van der Waals surface area (Å²) in [5, 5.41) is 3.15. The summed E-state index contributed by atoms with van der Waals surface area (Å²) in [6.45, 7) is 0. The van der Waals surface area contributed by atoms with Gasteiger partial charge >= 0.3 is 0 Å². The standard InChI is InChI=1S/C13H8BrN2.Ir/c14-12-7-9(15)6-11-10(12)4-3-8-2-1-5-16-13(8)11;/h1-5,7H,15H2;/q-1;. The molecule has 17 heavy (non-hydrogen) atoms. The molecule has 0 saturated carbocycles. The zero-order valence-corrected chi connectivity index (χ0v) is 12.7. The first kappa shape index (κ1) is 12.5. The van der Waals surface area contributed by atoms with Crippen LogP contribution >= 0.6 is 15.9 Å². The number of nitrogens with zero attached hydrogens (tertiary/aromatic N) is 1. The topological polar surface area (TPSA) is 38.9 Å². The third-order valence-electron chi connectivity index (χ3n) is 2.58. The summed E-state index contributed by atoms with van der Waals surface area (Å²) < 4.78 is 0.978. The number of benzene rings is 2. The maximum absolute atomic E-state index is 5.80. The summed E-state index contributed by atoms with van der Waals surface area (Å²) in [5.74, 6) is 0. The molecule has 1 radical (unpaired) electrons. The Hall–Kier alpha value is -0.961. The van der Waals surface area contributed by atoms with Crippen molar-refractivity contribution >= 4 is 43.3 Å². The zero-order valence-electron chi connectivity index (χ0n) is 8.70. The number of hydrogen-bond donors (Lipinski definition) is 1. The van der Waals surface area contributed by atoms with E-state index in [0.29, 0.717) is 5.69 Å². The van der Waals surface area contributed by atoms with E-state index in [2.05, 4.69) is 39.1 Å². The maximum Gasteiger partial charge on any atom is 0.0161 e. The smallest absolute Gasteiger partial charge is 0.0161 e. The van der Waals surface area contributed by atoms with E-state index in [9.17, 15) is 0 Å². The summed E-state index contributed by atoms with van der Waals surface area (Å²) >= 11 is 3.51. The summed E-state index contributed by atoms with van der Waals surface area (Å²) in [4.78, 5) is 4.38. The van der Waals surface area contributed by atoms with Crippen molar-refractivity contribution in [3.63, 3.8) is 0 Å². The fourth-order valence-electron chi connectivity index (χ4n) is 1.87. The van der Waals surface area contributed by atoms with Gasteiger partial charge in [0, 0.05) is 26.3 Å². The minimum atomic E-state index is 0. The van der Waals surface area contributed by atoms with Gasteiger partial charge in [0.05, 0.1) is 0 Å². The van der Waals surface area contributed by atoms with Crippen molar-refractivity contribution in [2.75, 3.05) is 5.73 Å². The van der Waals surface area contributed by atoms with Gasteiger partial charge in [0.15, 0.2) is 0 Å². The second-order valence-electron chi connectivity index (χ2n) is 3.64. The molecule has 0 fully saturated rings. The maximum atomic E-state index is 5.80. The van der Waals surface area contributed by atoms with Gasteiger partial charge in [0.2, 0.25) is 0 Å². The monoisotopic (exact) mass is 464 g/mol. The minimum Gasteiger partial charge on any atom is -0.414 e. The van der Waals surface area contributed by atoms with Crippen LogP contribution in [0.5, 0.6) is 0 Å². The molecule has 2 N–H and O–H groups in total. The number of aromatic nitrogens is 1. The molecule has 0 bridgehead atoms. The van der Waals surface area contributed by atoms with Gasteiger partial charge in [-0.15, -0.1) is 17.5 Å². The van der Waals surface area contributed by atoms with Crippen LogP contribution in [0.2, 0.25) is 0 Å². The predicted molar refractivity (Wildman–Crippen MR) is 70.2 cm³/mol. The molecule has 0 unspecified atom stereocenters. The molecule has 0 atom stereocenters. The van der Waals surface area contributed by atoms with Crippen LogP contribution in [0, 0.1) is 6.07 Å².